The normalized spacial score (nSPS) is 10.6. The summed E-state index contributed by atoms with van der Waals surface area (Å²) in [7, 11) is 1.86. The molecule has 0 atom stereocenters. The number of carbonyl (C=O) groups is 2. The summed E-state index contributed by atoms with van der Waals surface area (Å²) in [6, 6.07) is 14.2. The number of hydrogen-bond donors (Lipinski definition) is 2. The van der Waals surface area contributed by atoms with Crippen molar-refractivity contribution in [3.05, 3.63) is 64.9 Å². The van der Waals surface area contributed by atoms with Crippen LogP contribution in [0.2, 0.25) is 5.02 Å². The molecule has 0 bridgehead atoms. The zero-order valence-corrected chi connectivity index (χ0v) is 17.5. The number of rotatable bonds is 8. The Morgan fingerprint density at radius 2 is 1.69 bits per heavy atom. The van der Waals surface area contributed by atoms with Gasteiger partial charge in [0.1, 0.15) is 0 Å². The highest BCUT2D eigenvalue weighted by molar-refractivity contribution is 7.99. The van der Waals surface area contributed by atoms with Gasteiger partial charge in [-0.25, -0.2) is 0 Å². The second-order valence-corrected chi connectivity index (χ2v) is 7.67. The Morgan fingerprint density at radius 1 is 1.03 bits per heavy atom. The van der Waals surface area contributed by atoms with Crippen molar-refractivity contribution in [3.8, 4) is 0 Å². The topological polar surface area (TPSA) is 88.9 Å². The minimum absolute atomic E-state index is 0.0120. The third-order valence-electron chi connectivity index (χ3n) is 4.13. The predicted octanol–water partition coefficient (Wildman–Crippen LogP) is 4.01. The SMILES string of the molecule is CC(=O)c1ccc(NC(=O)CSc2nnc(CNc3ccc(Cl)cc3)n2C)cc1. The number of thioether (sulfide) groups is 1. The van der Waals surface area contributed by atoms with E-state index in [4.69, 9.17) is 11.6 Å². The average Bonchev–Trinajstić information content (AvgIpc) is 3.06. The minimum atomic E-state index is -0.158. The molecule has 0 saturated carbocycles. The molecule has 2 aromatic carbocycles. The molecular formula is C20H20ClN5O2S. The molecule has 1 heterocycles. The first-order chi connectivity index (χ1) is 13.9. The summed E-state index contributed by atoms with van der Waals surface area (Å²) in [4.78, 5) is 23.5. The molecule has 3 aromatic rings. The van der Waals surface area contributed by atoms with Crippen molar-refractivity contribution in [2.45, 2.75) is 18.6 Å². The quantitative estimate of drug-likeness (QED) is 0.415. The lowest BCUT2D eigenvalue weighted by atomic mass is 10.1. The second kappa shape index (κ2) is 9.58. The van der Waals surface area contributed by atoms with Gasteiger partial charge >= 0.3 is 0 Å². The Labute approximate surface area is 177 Å². The van der Waals surface area contributed by atoms with Gasteiger partial charge in [0.2, 0.25) is 5.91 Å². The molecule has 1 amide bonds. The first-order valence-electron chi connectivity index (χ1n) is 8.84. The van der Waals surface area contributed by atoms with Gasteiger partial charge in [0, 0.05) is 29.0 Å². The molecular weight excluding hydrogens is 410 g/mol. The number of Topliss-reactive ketones (excluding diaryl/α,β-unsaturated/α-hetero) is 1. The van der Waals surface area contributed by atoms with Crippen LogP contribution >= 0.6 is 23.4 Å². The smallest absolute Gasteiger partial charge is 0.234 e. The summed E-state index contributed by atoms with van der Waals surface area (Å²) < 4.78 is 1.85. The van der Waals surface area contributed by atoms with E-state index in [1.54, 1.807) is 24.3 Å². The standard InChI is InChI=1S/C20H20ClN5O2S/c1-13(27)14-3-7-17(8-4-14)23-19(28)12-29-20-25-24-18(26(20)2)11-22-16-9-5-15(21)6-10-16/h3-10,22H,11-12H2,1-2H3,(H,23,28). The van der Waals surface area contributed by atoms with Gasteiger partial charge in [0.05, 0.1) is 12.3 Å². The van der Waals surface area contributed by atoms with Crippen molar-refractivity contribution >= 4 is 46.4 Å². The Kier molecular flexibility index (Phi) is 6.90. The van der Waals surface area contributed by atoms with Crippen LogP contribution in [-0.4, -0.2) is 32.2 Å². The molecule has 0 saturated heterocycles. The maximum atomic E-state index is 12.2. The summed E-state index contributed by atoms with van der Waals surface area (Å²) >= 11 is 7.19. The van der Waals surface area contributed by atoms with Crippen LogP contribution in [0.1, 0.15) is 23.1 Å². The predicted molar refractivity (Wildman–Crippen MR) is 116 cm³/mol. The molecule has 0 unspecified atom stereocenters. The molecule has 3 rings (SSSR count). The Balaban J connectivity index is 1.50. The zero-order chi connectivity index (χ0) is 20.8. The van der Waals surface area contributed by atoms with E-state index < -0.39 is 0 Å². The van der Waals surface area contributed by atoms with E-state index in [0.29, 0.717) is 28.0 Å². The van der Waals surface area contributed by atoms with E-state index in [0.717, 1.165) is 11.5 Å². The largest absolute Gasteiger partial charge is 0.378 e. The van der Waals surface area contributed by atoms with Crippen LogP contribution in [0.15, 0.2) is 53.7 Å². The maximum absolute atomic E-state index is 12.2. The molecule has 150 valence electrons. The van der Waals surface area contributed by atoms with Crippen LogP contribution in [0.25, 0.3) is 0 Å². The molecule has 2 N–H and O–H groups in total. The molecule has 0 radical (unpaired) electrons. The fourth-order valence-corrected chi connectivity index (χ4v) is 3.34. The zero-order valence-electron chi connectivity index (χ0n) is 16.0. The monoisotopic (exact) mass is 429 g/mol. The Bertz CT molecular complexity index is 1000. The number of aromatic nitrogens is 3. The molecule has 0 aliphatic carbocycles. The molecule has 0 spiro atoms. The Morgan fingerprint density at radius 3 is 2.34 bits per heavy atom. The molecule has 0 aliphatic heterocycles. The van der Waals surface area contributed by atoms with Gasteiger partial charge in [-0.2, -0.15) is 0 Å². The lowest BCUT2D eigenvalue weighted by Crippen LogP contribution is -2.14. The van der Waals surface area contributed by atoms with Crippen molar-refractivity contribution in [2.75, 3.05) is 16.4 Å². The highest BCUT2D eigenvalue weighted by atomic mass is 35.5. The third kappa shape index (κ3) is 5.82. The summed E-state index contributed by atoms with van der Waals surface area (Å²) in [6.07, 6.45) is 0. The minimum Gasteiger partial charge on any atom is -0.378 e. The summed E-state index contributed by atoms with van der Waals surface area (Å²) in [6.45, 7) is 2.00. The summed E-state index contributed by atoms with van der Waals surface area (Å²) in [5, 5.41) is 15.7. The number of benzene rings is 2. The van der Waals surface area contributed by atoms with Gasteiger partial charge in [0.15, 0.2) is 16.8 Å². The van der Waals surface area contributed by atoms with Gasteiger partial charge < -0.3 is 15.2 Å². The number of amides is 1. The van der Waals surface area contributed by atoms with Crippen molar-refractivity contribution in [1.82, 2.24) is 14.8 Å². The Hall–Kier alpha value is -2.84. The molecule has 29 heavy (non-hydrogen) atoms. The average molecular weight is 430 g/mol. The van der Waals surface area contributed by atoms with Gasteiger partial charge in [0.25, 0.3) is 0 Å². The number of hydrogen-bond acceptors (Lipinski definition) is 6. The van der Waals surface area contributed by atoms with E-state index in [-0.39, 0.29) is 17.4 Å². The van der Waals surface area contributed by atoms with E-state index in [9.17, 15) is 9.59 Å². The van der Waals surface area contributed by atoms with Crippen LogP contribution in [0.5, 0.6) is 0 Å². The summed E-state index contributed by atoms with van der Waals surface area (Å²) in [5.74, 6) is 0.782. The fraction of sp³-hybridized carbons (Fsp3) is 0.200. The van der Waals surface area contributed by atoms with E-state index in [1.807, 2.05) is 35.9 Å². The number of nitrogens with zero attached hydrogens (tertiary/aromatic N) is 3. The molecule has 7 nitrogen and oxygen atoms in total. The van der Waals surface area contributed by atoms with Gasteiger partial charge in [-0.05, 0) is 55.5 Å². The molecule has 1 aromatic heterocycles. The fourth-order valence-electron chi connectivity index (χ4n) is 2.49. The summed E-state index contributed by atoms with van der Waals surface area (Å²) in [5.41, 5.74) is 2.18. The van der Waals surface area contributed by atoms with Crippen LogP contribution in [-0.2, 0) is 18.4 Å². The molecule has 0 aliphatic rings. The number of carbonyl (C=O) groups excluding carboxylic acids is 2. The number of halogens is 1. The van der Waals surface area contributed by atoms with Crippen molar-refractivity contribution < 1.29 is 9.59 Å². The van der Waals surface area contributed by atoms with Gasteiger partial charge in [-0.15, -0.1) is 10.2 Å². The lowest BCUT2D eigenvalue weighted by molar-refractivity contribution is -0.113. The lowest BCUT2D eigenvalue weighted by Gasteiger charge is -2.07. The number of anilines is 2. The van der Waals surface area contributed by atoms with E-state index in [2.05, 4.69) is 20.8 Å². The van der Waals surface area contributed by atoms with Crippen LogP contribution in [0.3, 0.4) is 0 Å². The first-order valence-corrected chi connectivity index (χ1v) is 10.2. The highest BCUT2D eigenvalue weighted by Gasteiger charge is 2.12. The molecule has 9 heteroatoms. The van der Waals surface area contributed by atoms with Crippen molar-refractivity contribution in [3.63, 3.8) is 0 Å². The van der Waals surface area contributed by atoms with Crippen LogP contribution in [0, 0.1) is 0 Å². The number of ketones is 1. The van der Waals surface area contributed by atoms with Gasteiger partial charge in [-0.1, -0.05) is 23.4 Å². The highest BCUT2D eigenvalue weighted by Crippen LogP contribution is 2.18. The van der Waals surface area contributed by atoms with Crippen molar-refractivity contribution in [1.29, 1.82) is 0 Å². The van der Waals surface area contributed by atoms with Crippen molar-refractivity contribution in [2.24, 2.45) is 7.05 Å². The van der Waals surface area contributed by atoms with E-state index >= 15 is 0 Å². The van der Waals surface area contributed by atoms with Crippen LogP contribution < -0.4 is 10.6 Å². The molecule has 0 fully saturated rings. The number of nitrogens with one attached hydrogen (secondary N) is 2. The van der Waals surface area contributed by atoms with Crippen LogP contribution in [0.4, 0.5) is 11.4 Å². The first kappa shape index (κ1) is 20.9. The maximum Gasteiger partial charge on any atom is 0.234 e. The second-order valence-electron chi connectivity index (χ2n) is 6.29. The third-order valence-corrected chi connectivity index (χ3v) is 5.40. The van der Waals surface area contributed by atoms with Gasteiger partial charge in [-0.3, -0.25) is 9.59 Å². The van der Waals surface area contributed by atoms with E-state index in [1.165, 1.54) is 18.7 Å².